The van der Waals surface area contributed by atoms with Crippen molar-refractivity contribution in [2.45, 2.75) is 36.2 Å². The van der Waals surface area contributed by atoms with Crippen LogP contribution in [0, 0.1) is 0 Å². The van der Waals surface area contributed by atoms with E-state index in [4.69, 9.17) is 14.2 Å². The largest absolute Gasteiger partial charge is 0.372 e. The molecule has 0 spiro atoms. The number of sulfonamides is 1. The molecule has 6 nitrogen and oxygen atoms in total. The summed E-state index contributed by atoms with van der Waals surface area (Å²) in [5.74, 6) is 0. The van der Waals surface area contributed by atoms with Gasteiger partial charge in [0.15, 0.2) is 0 Å². The van der Waals surface area contributed by atoms with Crippen LogP contribution < -0.4 is 0 Å². The Morgan fingerprint density at radius 3 is 2.18 bits per heavy atom. The predicted molar refractivity (Wildman–Crippen MR) is 78.0 cm³/mol. The maximum atomic E-state index is 13.1. The monoisotopic (exact) mass is 325 g/mol. The van der Waals surface area contributed by atoms with Crippen molar-refractivity contribution in [3.05, 3.63) is 29.8 Å². The lowest BCUT2D eigenvalue weighted by molar-refractivity contribution is 0.303. The van der Waals surface area contributed by atoms with Crippen LogP contribution in [0.1, 0.15) is 18.6 Å². The van der Waals surface area contributed by atoms with E-state index in [2.05, 4.69) is 0 Å². The molecule has 0 radical (unpaired) electrons. The fourth-order valence-electron chi connectivity index (χ4n) is 2.67. The van der Waals surface area contributed by atoms with Crippen LogP contribution in [0.5, 0.6) is 0 Å². The zero-order valence-electron chi connectivity index (χ0n) is 12.3. The summed E-state index contributed by atoms with van der Waals surface area (Å²) in [6.45, 7) is 3.97. The van der Waals surface area contributed by atoms with E-state index >= 15 is 0 Å². The summed E-state index contributed by atoms with van der Waals surface area (Å²) < 4.78 is 43.5. The zero-order chi connectivity index (χ0) is 15.3. The Morgan fingerprint density at radius 1 is 1.14 bits per heavy atom. The lowest BCUT2D eigenvalue weighted by Gasteiger charge is -2.22. The molecule has 120 valence electrons. The van der Waals surface area contributed by atoms with Gasteiger partial charge in [0.25, 0.3) is 0 Å². The number of epoxide rings is 3. The second-order valence-corrected chi connectivity index (χ2v) is 7.94. The highest BCUT2D eigenvalue weighted by Crippen LogP contribution is 2.41. The molecule has 0 aliphatic carbocycles. The summed E-state index contributed by atoms with van der Waals surface area (Å²) in [6.07, 6.45) is -0.0286. The minimum Gasteiger partial charge on any atom is -0.372 e. The van der Waals surface area contributed by atoms with Crippen molar-refractivity contribution in [1.82, 2.24) is 4.31 Å². The van der Waals surface area contributed by atoms with Crippen LogP contribution in [0.25, 0.3) is 0 Å². The Kier molecular flexibility index (Phi) is 3.50. The van der Waals surface area contributed by atoms with Crippen molar-refractivity contribution in [3.63, 3.8) is 0 Å². The molecular formula is C15H19NO5S. The molecule has 22 heavy (non-hydrogen) atoms. The van der Waals surface area contributed by atoms with Crippen molar-refractivity contribution in [1.29, 1.82) is 0 Å². The molecule has 4 atom stereocenters. The molecule has 4 unspecified atom stereocenters. The van der Waals surface area contributed by atoms with E-state index in [1.807, 2.05) is 19.1 Å². The van der Waals surface area contributed by atoms with Crippen LogP contribution >= 0.6 is 0 Å². The summed E-state index contributed by atoms with van der Waals surface area (Å²) in [5, 5.41) is 0. The van der Waals surface area contributed by atoms with Crippen LogP contribution in [0.4, 0.5) is 0 Å². The van der Waals surface area contributed by atoms with Crippen molar-refractivity contribution in [3.8, 4) is 0 Å². The lowest BCUT2D eigenvalue weighted by atomic mass is 10.1. The highest BCUT2D eigenvalue weighted by molar-refractivity contribution is 7.89. The maximum absolute atomic E-state index is 13.1. The van der Waals surface area contributed by atoms with Crippen molar-refractivity contribution < 1.29 is 22.6 Å². The van der Waals surface area contributed by atoms with Gasteiger partial charge in [0, 0.05) is 18.7 Å². The molecule has 7 heteroatoms. The normalized spacial score (nSPS) is 33.0. The fraction of sp³-hybridized carbons (Fsp3) is 0.600. The first-order valence-electron chi connectivity index (χ1n) is 7.53. The van der Waals surface area contributed by atoms with Gasteiger partial charge in [-0.3, -0.25) is 0 Å². The topological polar surface area (TPSA) is 75.0 Å². The number of hydrogen-bond acceptors (Lipinski definition) is 5. The van der Waals surface area contributed by atoms with Gasteiger partial charge in [-0.1, -0.05) is 18.2 Å². The first kappa shape index (κ1) is 14.6. The third kappa shape index (κ3) is 2.91. The Balaban J connectivity index is 1.65. The SMILES string of the molecule is CC1OC1c1ccccc1S(=O)(=O)N(CC1CO1)CC1CO1. The molecule has 3 saturated heterocycles. The van der Waals surface area contributed by atoms with Crippen molar-refractivity contribution >= 4 is 10.0 Å². The molecule has 0 N–H and O–H groups in total. The second kappa shape index (κ2) is 5.28. The smallest absolute Gasteiger partial charge is 0.243 e. The molecular weight excluding hydrogens is 306 g/mol. The van der Waals surface area contributed by atoms with Gasteiger partial charge < -0.3 is 14.2 Å². The van der Waals surface area contributed by atoms with Gasteiger partial charge in [-0.2, -0.15) is 4.31 Å². The first-order chi connectivity index (χ1) is 10.6. The maximum Gasteiger partial charge on any atom is 0.243 e. The van der Waals surface area contributed by atoms with E-state index in [1.165, 1.54) is 4.31 Å². The molecule has 3 aliphatic rings. The molecule has 4 rings (SSSR count). The number of benzene rings is 1. The van der Waals surface area contributed by atoms with Crippen LogP contribution in [0.2, 0.25) is 0 Å². The van der Waals surface area contributed by atoms with E-state index in [0.29, 0.717) is 31.2 Å². The average molecular weight is 325 g/mol. The van der Waals surface area contributed by atoms with Gasteiger partial charge in [0.1, 0.15) is 6.10 Å². The number of nitrogens with zero attached hydrogens (tertiary/aromatic N) is 1. The molecule has 0 saturated carbocycles. The summed E-state index contributed by atoms with van der Waals surface area (Å²) in [5.41, 5.74) is 0.744. The highest BCUT2D eigenvalue weighted by Gasteiger charge is 2.42. The average Bonchev–Trinajstić information content (AvgIpc) is 3.30. The van der Waals surface area contributed by atoms with Crippen LogP contribution in [-0.4, -0.2) is 57.3 Å². The lowest BCUT2D eigenvalue weighted by Crippen LogP contribution is -2.37. The van der Waals surface area contributed by atoms with Gasteiger partial charge in [-0.25, -0.2) is 8.42 Å². The first-order valence-corrected chi connectivity index (χ1v) is 8.97. The van der Waals surface area contributed by atoms with E-state index in [9.17, 15) is 8.42 Å². The Morgan fingerprint density at radius 2 is 1.68 bits per heavy atom. The number of ether oxygens (including phenoxy) is 3. The molecule has 3 fully saturated rings. The van der Waals surface area contributed by atoms with Crippen LogP contribution in [-0.2, 0) is 24.2 Å². The Bertz CT molecular complexity index is 654. The quantitative estimate of drug-likeness (QED) is 0.697. The molecule has 0 aromatic heterocycles. The van der Waals surface area contributed by atoms with Gasteiger partial charge in [0.05, 0.1) is 36.4 Å². The summed E-state index contributed by atoms with van der Waals surface area (Å²) in [7, 11) is -3.58. The molecule has 1 aromatic carbocycles. The summed E-state index contributed by atoms with van der Waals surface area (Å²) in [6, 6.07) is 7.10. The Labute approximate surface area is 130 Å². The van der Waals surface area contributed by atoms with Crippen molar-refractivity contribution in [2.24, 2.45) is 0 Å². The third-order valence-corrected chi connectivity index (χ3v) is 6.08. The van der Waals surface area contributed by atoms with Gasteiger partial charge in [-0.15, -0.1) is 0 Å². The van der Waals surface area contributed by atoms with Gasteiger partial charge in [0.2, 0.25) is 10.0 Å². The highest BCUT2D eigenvalue weighted by atomic mass is 32.2. The minimum absolute atomic E-state index is 0.0109. The fourth-order valence-corrected chi connectivity index (χ4v) is 4.41. The van der Waals surface area contributed by atoms with E-state index < -0.39 is 10.0 Å². The van der Waals surface area contributed by atoms with Crippen molar-refractivity contribution in [2.75, 3.05) is 26.3 Å². The van der Waals surface area contributed by atoms with Gasteiger partial charge >= 0.3 is 0 Å². The Hall–Kier alpha value is -0.990. The molecule has 0 bridgehead atoms. The van der Waals surface area contributed by atoms with E-state index in [-0.39, 0.29) is 24.4 Å². The minimum atomic E-state index is -3.58. The standard InChI is InChI=1S/C15H19NO5S/c1-10-15(21-10)13-4-2-3-5-14(13)22(17,18)16(6-11-8-19-11)7-12-9-20-12/h2-5,10-12,15H,6-9H2,1H3. The summed E-state index contributed by atoms with van der Waals surface area (Å²) >= 11 is 0. The second-order valence-electron chi connectivity index (χ2n) is 6.03. The van der Waals surface area contributed by atoms with Crippen LogP contribution in [0.15, 0.2) is 29.2 Å². The zero-order valence-corrected chi connectivity index (χ0v) is 13.2. The molecule has 3 heterocycles. The predicted octanol–water partition coefficient (Wildman–Crippen LogP) is 0.935. The van der Waals surface area contributed by atoms with Gasteiger partial charge in [-0.05, 0) is 13.0 Å². The van der Waals surface area contributed by atoms with E-state index in [0.717, 1.165) is 5.56 Å². The summed E-state index contributed by atoms with van der Waals surface area (Å²) in [4.78, 5) is 0.339. The molecule has 1 aromatic rings. The number of rotatable bonds is 7. The van der Waals surface area contributed by atoms with E-state index in [1.54, 1.807) is 12.1 Å². The number of hydrogen-bond donors (Lipinski definition) is 0. The molecule has 3 aliphatic heterocycles. The third-order valence-electron chi connectivity index (χ3n) is 4.17. The van der Waals surface area contributed by atoms with Crippen LogP contribution in [0.3, 0.4) is 0 Å². The molecule has 0 amide bonds.